The van der Waals surface area contributed by atoms with Gasteiger partial charge in [-0.05, 0) is 77.0 Å². The fourth-order valence-electron chi connectivity index (χ4n) is 5.43. The first kappa shape index (κ1) is 25.0. The Labute approximate surface area is 226 Å². The van der Waals surface area contributed by atoms with Crippen molar-refractivity contribution in [3.8, 4) is 5.75 Å². The summed E-state index contributed by atoms with van der Waals surface area (Å²) < 4.78 is 7.77. The van der Waals surface area contributed by atoms with Crippen molar-refractivity contribution in [1.82, 2.24) is 4.90 Å². The van der Waals surface area contributed by atoms with E-state index >= 15 is 0 Å². The first-order chi connectivity index (χ1) is 17.3. The lowest BCUT2D eigenvalue weighted by Crippen LogP contribution is -2.41. The van der Waals surface area contributed by atoms with Crippen LogP contribution in [-0.2, 0) is 21.0 Å². The Balaban J connectivity index is 1.53. The molecule has 0 fully saturated rings. The number of carboxylic acid groups (broad SMARTS) is 1. The molecule has 6 nitrogen and oxygen atoms in total. The number of ether oxygens (including phenoxy) is 1. The van der Waals surface area contributed by atoms with Crippen molar-refractivity contribution >= 4 is 49.4 Å². The van der Waals surface area contributed by atoms with Crippen LogP contribution in [0.25, 0.3) is 0 Å². The number of benzene rings is 2. The number of aliphatic carboxylic acids is 1. The Morgan fingerprint density at radius 1 is 0.917 bits per heavy atom. The molecule has 1 N–H and O–H groups in total. The zero-order chi connectivity index (χ0) is 25.4. The molecule has 0 amide bonds. The molecule has 3 aliphatic rings. The fraction of sp³-hybridized carbons (Fsp3) is 0.321. The Bertz CT molecular complexity index is 1270. The Morgan fingerprint density at radius 3 is 2.08 bits per heavy atom. The average molecular weight is 615 g/mol. The van der Waals surface area contributed by atoms with Crippen molar-refractivity contribution in [1.29, 1.82) is 0 Å². The van der Waals surface area contributed by atoms with Crippen LogP contribution in [-0.4, -0.2) is 34.1 Å². The highest BCUT2D eigenvalue weighted by atomic mass is 79.9. The standard InChI is InChI=1S/C28H25Br2NO5/c29-18-10-7-16(8-11-18)15-36-24-12-9-17(13-19(24)30)26-27-20(3-1-5-22(27)32)31(14-25(34)35)21-4-2-6-23(33)28(21)26/h7-13,26H,1-6,14-15H2,(H,34,35). The van der Waals surface area contributed by atoms with Gasteiger partial charge in [-0.2, -0.15) is 0 Å². The first-order valence-corrected chi connectivity index (χ1v) is 13.6. The van der Waals surface area contributed by atoms with E-state index in [2.05, 4.69) is 31.9 Å². The van der Waals surface area contributed by atoms with Gasteiger partial charge in [-0.3, -0.25) is 14.4 Å². The van der Waals surface area contributed by atoms with E-state index in [1.807, 2.05) is 42.5 Å². The van der Waals surface area contributed by atoms with E-state index in [1.54, 1.807) is 4.90 Å². The van der Waals surface area contributed by atoms with Crippen molar-refractivity contribution in [2.45, 2.75) is 51.0 Å². The summed E-state index contributed by atoms with van der Waals surface area (Å²) in [5.74, 6) is -0.810. The maximum atomic E-state index is 13.3. The molecule has 36 heavy (non-hydrogen) atoms. The van der Waals surface area contributed by atoms with Crippen molar-refractivity contribution in [3.05, 3.63) is 85.1 Å². The molecule has 0 saturated carbocycles. The summed E-state index contributed by atoms with van der Waals surface area (Å²) >= 11 is 7.06. The molecule has 186 valence electrons. The number of ketones is 2. The second-order valence-electron chi connectivity index (χ2n) is 9.29. The monoisotopic (exact) mass is 613 g/mol. The second kappa shape index (κ2) is 10.3. The third-order valence-electron chi connectivity index (χ3n) is 6.98. The van der Waals surface area contributed by atoms with Crippen LogP contribution in [0.4, 0.5) is 0 Å². The summed E-state index contributed by atoms with van der Waals surface area (Å²) in [6.45, 7) is 0.165. The molecule has 5 rings (SSSR count). The van der Waals surface area contributed by atoms with Gasteiger partial charge < -0.3 is 14.7 Å². The van der Waals surface area contributed by atoms with Crippen molar-refractivity contribution in [3.63, 3.8) is 0 Å². The fourth-order valence-corrected chi connectivity index (χ4v) is 6.21. The minimum absolute atomic E-state index is 0.00625. The van der Waals surface area contributed by atoms with Gasteiger partial charge in [0.25, 0.3) is 0 Å². The quantitative estimate of drug-likeness (QED) is 0.412. The van der Waals surface area contributed by atoms with E-state index in [9.17, 15) is 19.5 Å². The van der Waals surface area contributed by atoms with Crippen molar-refractivity contribution in [2.24, 2.45) is 0 Å². The predicted octanol–water partition coefficient (Wildman–Crippen LogP) is 6.29. The number of carbonyl (C=O) groups excluding carboxylic acids is 2. The number of carbonyl (C=O) groups is 3. The van der Waals surface area contributed by atoms with Gasteiger partial charge in [-0.1, -0.05) is 34.1 Å². The Morgan fingerprint density at radius 2 is 1.53 bits per heavy atom. The number of nitrogens with zero attached hydrogens (tertiary/aromatic N) is 1. The average Bonchev–Trinajstić information content (AvgIpc) is 2.85. The number of Topliss-reactive ketones (excluding diaryl/α,β-unsaturated/α-hetero) is 2. The Kier molecular flexibility index (Phi) is 7.17. The van der Waals surface area contributed by atoms with Gasteiger partial charge in [0.1, 0.15) is 18.9 Å². The zero-order valence-corrected chi connectivity index (χ0v) is 22.7. The SMILES string of the molecule is O=C(O)CN1C2=C(C(=O)CCC2)C(c2ccc(OCc3ccc(Br)cc3)c(Br)c2)C2=C1CCCC2=O. The van der Waals surface area contributed by atoms with Gasteiger partial charge in [-0.15, -0.1) is 0 Å². The minimum Gasteiger partial charge on any atom is -0.488 e. The summed E-state index contributed by atoms with van der Waals surface area (Å²) in [5, 5.41) is 9.60. The van der Waals surface area contributed by atoms with Gasteiger partial charge in [0, 0.05) is 45.8 Å². The van der Waals surface area contributed by atoms with Gasteiger partial charge in [-0.25, -0.2) is 0 Å². The molecule has 8 heteroatoms. The molecule has 0 bridgehead atoms. The Hall–Kier alpha value is -2.71. The summed E-state index contributed by atoms with van der Waals surface area (Å²) in [7, 11) is 0. The largest absolute Gasteiger partial charge is 0.488 e. The lowest BCUT2D eigenvalue weighted by molar-refractivity contribution is -0.138. The van der Waals surface area contributed by atoms with Crippen LogP contribution < -0.4 is 4.74 Å². The number of halogens is 2. The van der Waals surface area contributed by atoms with Crippen molar-refractivity contribution in [2.75, 3.05) is 6.54 Å². The molecule has 1 aliphatic heterocycles. The van der Waals surface area contributed by atoms with E-state index in [0.717, 1.165) is 31.5 Å². The van der Waals surface area contributed by atoms with Gasteiger partial charge in [0.2, 0.25) is 0 Å². The molecule has 0 unspecified atom stereocenters. The second-order valence-corrected chi connectivity index (χ2v) is 11.1. The molecular formula is C28H25Br2NO5. The highest BCUT2D eigenvalue weighted by molar-refractivity contribution is 9.10. The lowest BCUT2D eigenvalue weighted by atomic mass is 9.71. The van der Waals surface area contributed by atoms with Gasteiger partial charge in [0.05, 0.1) is 4.47 Å². The third-order valence-corrected chi connectivity index (χ3v) is 8.13. The molecule has 0 aromatic heterocycles. The van der Waals surface area contributed by atoms with Crippen LogP contribution in [0, 0.1) is 0 Å². The van der Waals surface area contributed by atoms with Crippen LogP contribution in [0.3, 0.4) is 0 Å². The van der Waals surface area contributed by atoms with Gasteiger partial charge >= 0.3 is 5.97 Å². The molecule has 0 atom stereocenters. The number of allylic oxidation sites excluding steroid dienone is 4. The first-order valence-electron chi connectivity index (χ1n) is 12.0. The number of carboxylic acids is 1. The maximum Gasteiger partial charge on any atom is 0.323 e. The highest BCUT2D eigenvalue weighted by Gasteiger charge is 2.43. The summed E-state index contributed by atoms with van der Waals surface area (Å²) in [5.41, 5.74) is 4.54. The van der Waals surface area contributed by atoms with Crippen LogP contribution in [0.5, 0.6) is 5.75 Å². The predicted molar refractivity (Wildman–Crippen MR) is 141 cm³/mol. The molecule has 2 aromatic carbocycles. The normalized spacial score (nSPS) is 18.3. The van der Waals surface area contributed by atoms with Crippen LogP contribution >= 0.6 is 31.9 Å². The number of hydrogen-bond acceptors (Lipinski definition) is 5. The lowest BCUT2D eigenvalue weighted by Gasteiger charge is -2.43. The van der Waals surface area contributed by atoms with Crippen molar-refractivity contribution < 1.29 is 24.2 Å². The molecular weight excluding hydrogens is 590 g/mol. The smallest absolute Gasteiger partial charge is 0.323 e. The molecule has 0 saturated heterocycles. The molecule has 0 spiro atoms. The van der Waals surface area contributed by atoms with E-state index in [4.69, 9.17) is 4.74 Å². The van der Waals surface area contributed by atoms with Gasteiger partial charge in [0.15, 0.2) is 11.6 Å². The molecule has 2 aliphatic carbocycles. The summed E-state index contributed by atoms with van der Waals surface area (Å²) in [6.07, 6.45) is 3.44. The minimum atomic E-state index is -0.974. The van der Waals surface area contributed by atoms with E-state index in [1.165, 1.54) is 0 Å². The molecule has 1 heterocycles. The van der Waals surface area contributed by atoms with E-state index in [0.29, 0.717) is 62.0 Å². The van der Waals surface area contributed by atoms with Crippen LogP contribution in [0.15, 0.2) is 74.0 Å². The maximum absolute atomic E-state index is 13.3. The zero-order valence-electron chi connectivity index (χ0n) is 19.6. The van der Waals surface area contributed by atoms with Crippen LogP contribution in [0.1, 0.15) is 55.6 Å². The summed E-state index contributed by atoms with van der Waals surface area (Å²) in [4.78, 5) is 40.0. The van der Waals surface area contributed by atoms with Crippen LogP contribution in [0.2, 0.25) is 0 Å². The van der Waals surface area contributed by atoms with E-state index < -0.39 is 11.9 Å². The number of rotatable bonds is 6. The third kappa shape index (κ3) is 4.81. The molecule has 2 aromatic rings. The summed E-state index contributed by atoms with van der Waals surface area (Å²) in [6, 6.07) is 13.6. The van der Waals surface area contributed by atoms with E-state index in [-0.39, 0.29) is 18.1 Å². The highest BCUT2D eigenvalue weighted by Crippen LogP contribution is 2.49. The topological polar surface area (TPSA) is 83.9 Å². The molecule has 0 radical (unpaired) electrons. The number of hydrogen-bond donors (Lipinski definition) is 1.